The maximum atomic E-state index is 13.3. The molecule has 0 heterocycles. The summed E-state index contributed by atoms with van der Waals surface area (Å²) in [6, 6.07) is 0. The first-order chi connectivity index (χ1) is 7.40. The Morgan fingerprint density at radius 2 is 1.81 bits per heavy atom. The van der Waals surface area contributed by atoms with Gasteiger partial charge in [0.25, 0.3) is 0 Å². The third-order valence-electron chi connectivity index (χ3n) is 1.84. The van der Waals surface area contributed by atoms with E-state index < -0.39 is 11.8 Å². The molecule has 16 heavy (non-hydrogen) atoms. The number of hydrogen-bond donors (Lipinski definition) is 1. The zero-order valence-corrected chi connectivity index (χ0v) is 10.7. The Bertz CT molecular complexity index is 299. The molecule has 0 aromatic rings. The summed E-state index contributed by atoms with van der Waals surface area (Å²) in [5.41, 5.74) is 0.245. The predicted molar refractivity (Wildman–Crippen MR) is 65.9 cm³/mol. The average molecular weight is 228 g/mol. The summed E-state index contributed by atoms with van der Waals surface area (Å²) in [5, 5.41) is 8.63. The summed E-state index contributed by atoms with van der Waals surface area (Å²) in [6.07, 6.45) is 2.33. The largest absolute Gasteiger partial charge is 0.478 e. The van der Waals surface area contributed by atoms with Crippen LogP contribution in [0.5, 0.6) is 0 Å². The second kappa shape index (κ2) is 8.89. The van der Waals surface area contributed by atoms with E-state index >= 15 is 0 Å². The van der Waals surface area contributed by atoms with Gasteiger partial charge in [-0.2, -0.15) is 0 Å². The van der Waals surface area contributed by atoms with Crippen molar-refractivity contribution in [3.05, 3.63) is 35.7 Å². The van der Waals surface area contributed by atoms with Crippen molar-refractivity contribution in [2.45, 2.75) is 34.6 Å². The Balaban J connectivity index is 0. The highest BCUT2D eigenvalue weighted by atomic mass is 19.1. The molecule has 0 unspecified atom stereocenters. The Labute approximate surface area is 97.2 Å². The SMILES string of the molecule is C=C(/C(F)=C\C(=C/C)C(=O)O)C(C)C.CC. The Hall–Kier alpha value is -1.38. The smallest absolute Gasteiger partial charge is 0.335 e. The lowest BCUT2D eigenvalue weighted by Gasteiger charge is -2.06. The highest BCUT2D eigenvalue weighted by molar-refractivity contribution is 5.89. The maximum absolute atomic E-state index is 13.3. The zero-order chi connectivity index (χ0) is 13.3. The van der Waals surface area contributed by atoms with Gasteiger partial charge in [0.15, 0.2) is 0 Å². The number of allylic oxidation sites excluding steroid dienone is 3. The van der Waals surface area contributed by atoms with Crippen molar-refractivity contribution >= 4 is 5.97 Å². The van der Waals surface area contributed by atoms with Crippen LogP contribution >= 0.6 is 0 Å². The van der Waals surface area contributed by atoms with Crippen LogP contribution < -0.4 is 0 Å². The molecule has 0 fully saturated rings. The molecular formula is C13H21FO2. The van der Waals surface area contributed by atoms with Gasteiger partial charge in [-0.3, -0.25) is 0 Å². The van der Waals surface area contributed by atoms with Crippen molar-refractivity contribution in [3.63, 3.8) is 0 Å². The Morgan fingerprint density at radius 3 is 2.06 bits per heavy atom. The minimum atomic E-state index is -1.14. The van der Waals surface area contributed by atoms with E-state index in [1.54, 1.807) is 20.8 Å². The molecule has 1 N–H and O–H groups in total. The molecule has 0 aliphatic carbocycles. The van der Waals surface area contributed by atoms with Gasteiger partial charge in [0.1, 0.15) is 5.83 Å². The third-order valence-corrected chi connectivity index (χ3v) is 1.84. The van der Waals surface area contributed by atoms with Crippen molar-refractivity contribution < 1.29 is 14.3 Å². The van der Waals surface area contributed by atoms with Crippen LogP contribution in [0.2, 0.25) is 0 Å². The van der Waals surface area contributed by atoms with Crippen molar-refractivity contribution in [2.75, 3.05) is 0 Å². The van der Waals surface area contributed by atoms with Crippen LogP contribution in [-0.4, -0.2) is 11.1 Å². The molecule has 92 valence electrons. The molecule has 0 aromatic heterocycles. The average Bonchev–Trinajstić information content (AvgIpc) is 2.26. The number of aliphatic carboxylic acids is 1. The number of rotatable bonds is 4. The predicted octanol–water partition coefficient (Wildman–Crippen LogP) is 4.11. The van der Waals surface area contributed by atoms with E-state index in [4.69, 9.17) is 5.11 Å². The molecule has 0 spiro atoms. The van der Waals surface area contributed by atoms with Gasteiger partial charge in [0, 0.05) is 0 Å². The van der Waals surface area contributed by atoms with Crippen LogP contribution in [-0.2, 0) is 4.79 Å². The van der Waals surface area contributed by atoms with Gasteiger partial charge in [-0.05, 0) is 24.5 Å². The number of hydrogen-bond acceptors (Lipinski definition) is 1. The number of carboxylic acids is 1. The van der Waals surface area contributed by atoms with E-state index in [1.807, 2.05) is 13.8 Å². The third kappa shape index (κ3) is 6.17. The second-order valence-electron chi connectivity index (χ2n) is 3.22. The van der Waals surface area contributed by atoms with E-state index in [0.717, 1.165) is 6.08 Å². The Kier molecular flexibility index (Phi) is 9.46. The van der Waals surface area contributed by atoms with E-state index in [1.165, 1.54) is 6.08 Å². The van der Waals surface area contributed by atoms with Gasteiger partial charge in [-0.1, -0.05) is 40.3 Å². The van der Waals surface area contributed by atoms with Crippen molar-refractivity contribution in [1.82, 2.24) is 0 Å². The molecule has 0 atom stereocenters. The normalized spacial score (nSPS) is 11.9. The monoisotopic (exact) mass is 228 g/mol. The summed E-state index contributed by atoms with van der Waals surface area (Å²) in [7, 11) is 0. The second-order valence-corrected chi connectivity index (χ2v) is 3.22. The highest BCUT2D eigenvalue weighted by Gasteiger charge is 2.09. The van der Waals surface area contributed by atoms with Crippen LogP contribution in [0.3, 0.4) is 0 Å². The fraction of sp³-hybridized carbons (Fsp3) is 0.462. The minimum absolute atomic E-state index is 0.0295. The molecule has 0 radical (unpaired) electrons. The van der Waals surface area contributed by atoms with E-state index in [0.29, 0.717) is 5.57 Å². The van der Waals surface area contributed by atoms with Crippen LogP contribution in [0.1, 0.15) is 34.6 Å². The minimum Gasteiger partial charge on any atom is -0.478 e. The van der Waals surface area contributed by atoms with E-state index in [9.17, 15) is 9.18 Å². The molecule has 0 aliphatic heterocycles. The zero-order valence-electron chi connectivity index (χ0n) is 10.7. The first-order valence-electron chi connectivity index (χ1n) is 5.36. The van der Waals surface area contributed by atoms with Gasteiger partial charge in [0.05, 0.1) is 5.57 Å². The number of halogens is 1. The molecule has 0 saturated carbocycles. The van der Waals surface area contributed by atoms with E-state index in [-0.39, 0.29) is 11.5 Å². The van der Waals surface area contributed by atoms with Gasteiger partial charge >= 0.3 is 5.97 Å². The topological polar surface area (TPSA) is 37.3 Å². The molecule has 2 nitrogen and oxygen atoms in total. The number of carbonyl (C=O) groups is 1. The lowest BCUT2D eigenvalue weighted by atomic mass is 10.0. The molecule has 0 bridgehead atoms. The van der Waals surface area contributed by atoms with Crippen LogP contribution in [0.25, 0.3) is 0 Å². The maximum Gasteiger partial charge on any atom is 0.335 e. The summed E-state index contributed by atoms with van der Waals surface area (Å²) in [6.45, 7) is 12.7. The standard InChI is InChI=1S/C11H15FO2.C2H6/c1-5-9(11(13)14)6-10(12)8(4)7(2)3;1-2/h5-7H,4H2,1-3H3,(H,13,14);1-2H3/b9-5+,10-6+;. The summed E-state index contributed by atoms with van der Waals surface area (Å²) in [4.78, 5) is 10.5. The van der Waals surface area contributed by atoms with Gasteiger partial charge in [-0.15, -0.1) is 0 Å². The van der Waals surface area contributed by atoms with Crippen LogP contribution in [0, 0.1) is 5.92 Å². The van der Waals surface area contributed by atoms with Gasteiger partial charge < -0.3 is 5.11 Å². The Morgan fingerprint density at radius 1 is 1.38 bits per heavy atom. The molecule has 0 amide bonds. The summed E-state index contributed by atoms with van der Waals surface area (Å²) < 4.78 is 13.3. The summed E-state index contributed by atoms with van der Waals surface area (Å²) in [5.74, 6) is -1.74. The lowest BCUT2D eigenvalue weighted by Crippen LogP contribution is -1.99. The molecular weight excluding hydrogens is 207 g/mol. The quantitative estimate of drug-likeness (QED) is 0.580. The lowest BCUT2D eigenvalue weighted by molar-refractivity contribution is -0.132. The van der Waals surface area contributed by atoms with Crippen molar-refractivity contribution in [1.29, 1.82) is 0 Å². The highest BCUT2D eigenvalue weighted by Crippen LogP contribution is 2.19. The number of carboxylic acid groups (broad SMARTS) is 1. The molecule has 0 aromatic carbocycles. The summed E-state index contributed by atoms with van der Waals surface area (Å²) >= 11 is 0. The van der Waals surface area contributed by atoms with Gasteiger partial charge in [0.2, 0.25) is 0 Å². The molecule has 0 rings (SSSR count). The van der Waals surface area contributed by atoms with Crippen molar-refractivity contribution in [2.24, 2.45) is 5.92 Å². The fourth-order valence-corrected chi connectivity index (χ4v) is 0.774. The van der Waals surface area contributed by atoms with Crippen LogP contribution in [0.4, 0.5) is 4.39 Å². The van der Waals surface area contributed by atoms with E-state index in [2.05, 4.69) is 6.58 Å². The fourth-order valence-electron chi connectivity index (χ4n) is 0.774. The van der Waals surface area contributed by atoms with Crippen LogP contribution in [0.15, 0.2) is 35.7 Å². The first kappa shape index (κ1) is 17.0. The molecule has 3 heteroatoms. The van der Waals surface area contributed by atoms with Gasteiger partial charge in [-0.25, -0.2) is 9.18 Å². The molecule has 0 saturated heterocycles. The van der Waals surface area contributed by atoms with Crippen molar-refractivity contribution in [3.8, 4) is 0 Å². The first-order valence-corrected chi connectivity index (χ1v) is 5.36. The molecule has 0 aliphatic rings.